The van der Waals surface area contributed by atoms with E-state index in [-0.39, 0.29) is 6.04 Å². The summed E-state index contributed by atoms with van der Waals surface area (Å²) < 4.78 is 1.98. The van der Waals surface area contributed by atoms with Crippen LogP contribution in [0.3, 0.4) is 0 Å². The number of nitrogens with one attached hydrogen (secondary N) is 1. The molecular weight excluding hydrogens is 258 g/mol. The van der Waals surface area contributed by atoms with Gasteiger partial charge in [-0.1, -0.05) is 23.7 Å². The Kier molecular flexibility index (Phi) is 4.61. The molecule has 0 radical (unpaired) electrons. The maximum atomic E-state index is 5.89. The fourth-order valence-electron chi connectivity index (χ4n) is 1.89. The van der Waals surface area contributed by atoms with Crippen LogP contribution in [-0.2, 0) is 6.54 Å². The standard InChI is InChI=1S/C15H20ClN3/c1-11(2)19-9-8-15(18-19)10-17-12(3)13-4-6-14(16)7-5-13/h4-9,11-12,17H,10H2,1-3H3/t12-/m1/s1. The summed E-state index contributed by atoms with van der Waals surface area (Å²) in [7, 11) is 0. The maximum absolute atomic E-state index is 5.89. The Labute approximate surface area is 119 Å². The third kappa shape index (κ3) is 3.82. The minimum Gasteiger partial charge on any atom is -0.304 e. The van der Waals surface area contributed by atoms with Crippen LogP contribution >= 0.6 is 11.6 Å². The van der Waals surface area contributed by atoms with E-state index in [9.17, 15) is 0 Å². The first-order chi connectivity index (χ1) is 9.06. The Morgan fingerprint density at radius 3 is 2.42 bits per heavy atom. The lowest BCUT2D eigenvalue weighted by Crippen LogP contribution is -2.18. The van der Waals surface area contributed by atoms with E-state index in [4.69, 9.17) is 11.6 Å². The molecule has 0 saturated carbocycles. The van der Waals surface area contributed by atoms with Gasteiger partial charge in [-0.2, -0.15) is 5.10 Å². The van der Waals surface area contributed by atoms with Crippen LogP contribution in [0.2, 0.25) is 5.02 Å². The van der Waals surface area contributed by atoms with E-state index in [0.29, 0.717) is 6.04 Å². The van der Waals surface area contributed by atoms with E-state index in [0.717, 1.165) is 17.3 Å². The zero-order chi connectivity index (χ0) is 13.8. The summed E-state index contributed by atoms with van der Waals surface area (Å²) in [5.41, 5.74) is 2.29. The molecular formula is C15H20ClN3. The lowest BCUT2D eigenvalue weighted by atomic mass is 10.1. The van der Waals surface area contributed by atoms with Crippen LogP contribution in [0.15, 0.2) is 36.5 Å². The molecule has 1 N–H and O–H groups in total. The summed E-state index contributed by atoms with van der Waals surface area (Å²) in [5, 5.41) is 8.76. The molecule has 0 fully saturated rings. The highest BCUT2D eigenvalue weighted by Crippen LogP contribution is 2.16. The second kappa shape index (κ2) is 6.22. The van der Waals surface area contributed by atoms with Crippen LogP contribution in [0, 0.1) is 0 Å². The van der Waals surface area contributed by atoms with Crippen molar-refractivity contribution in [3.05, 3.63) is 52.8 Å². The average molecular weight is 278 g/mol. The Balaban J connectivity index is 1.92. The SMILES string of the molecule is CC(C)n1ccc(CN[C@H](C)c2ccc(Cl)cc2)n1. The molecule has 19 heavy (non-hydrogen) atoms. The molecule has 0 unspecified atom stereocenters. The van der Waals surface area contributed by atoms with Crippen molar-refractivity contribution < 1.29 is 0 Å². The summed E-state index contributed by atoms with van der Waals surface area (Å²) in [6.07, 6.45) is 2.02. The monoisotopic (exact) mass is 277 g/mol. The number of hydrogen-bond acceptors (Lipinski definition) is 2. The molecule has 1 aromatic carbocycles. The van der Waals surface area contributed by atoms with E-state index in [1.807, 2.05) is 35.1 Å². The number of nitrogens with zero attached hydrogens (tertiary/aromatic N) is 2. The van der Waals surface area contributed by atoms with Gasteiger partial charge in [0.05, 0.1) is 5.69 Å². The fraction of sp³-hybridized carbons (Fsp3) is 0.400. The van der Waals surface area contributed by atoms with Crippen molar-refractivity contribution in [2.75, 3.05) is 0 Å². The number of rotatable bonds is 5. The van der Waals surface area contributed by atoms with Crippen molar-refractivity contribution >= 4 is 11.6 Å². The summed E-state index contributed by atoms with van der Waals surface area (Å²) in [6, 6.07) is 10.7. The molecule has 0 bridgehead atoms. The van der Waals surface area contributed by atoms with Crippen LogP contribution < -0.4 is 5.32 Å². The van der Waals surface area contributed by atoms with E-state index in [2.05, 4.69) is 37.3 Å². The second-order valence-corrected chi connectivity index (χ2v) is 5.47. The molecule has 4 heteroatoms. The molecule has 2 aromatic rings. The lowest BCUT2D eigenvalue weighted by Gasteiger charge is -2.13. The van der Waals surface area contributed by atoms with Crippen LogP contribution in [-0.4, -0.2) is 9.78 Å². The molecule has 0 saturated heterocycles. The summed E-state index contributed by atoms with van der Waals surface area (Å²) >= 11 is 5.89. The van der Waals surface area contributed by atoms with Gasteiger partial charge < -0.3 is 5.32 Å². The smallest absolute Gasteiger partial charge is 0.0762 e. The largest absolute Gasteiger partial charge is 0.304 e. The van der Waals surface area contributed by atoms with Crippen molar-refractivity contribution in [3.8, 4) is 0 Å². The van der Waals surface area contributed by atoms with Gasteiger partial charge in [-0.25, -0.2) is 0 Å². The van der Waals surface area contributed by atoms with Gasteiger partial charge in [0.25, 0.3) is 0 Å². The quantitative estimate of drug-likeness (QED) is 0.896. The van der Waals surface area contributed by atoms with Gasteiger partial charge in [0, 0.05) is 29.8 Å². The van der Waals surface area contributed by atoms with Gasteiger partial charge in [-0.15, -0.1) is 0 Å². The molecule has 2 rings (SSSR count). The Morgan fingerprint density at radius 2 is 1.84 bits per heavy atom. The highest BCUT2D eigenvalue weighted by atomic mass is 35.5. The van der Waals surface area contributed by atoms with Crippen molar-refractivity contribution in [1.82, 2.24) is 15.1 Å². The van der Waals surface area contributed by atoms with Crippen LogP contribution in [0.4, 0.5) is 0 Å². The number of aromatic nitrogens is 2. The molecule has 102 valence electrons. The highest BCUT2D eigenvalue weighted by molar-refractivity contribution is 6.30. The molecule has 3 nitrogen and oxygen atoms in total. The predicted molar refractivity (Wildman–Crippen MR) is 79.3 cm³/mol. The van der Waals surface area contributed by atoms with Crippen LogP contribution in [0.25, 0.3) is 0 Å². The van der Waals surface area contributed by atoms with E-state index < -0.39 is 0 Å². The van der Waals surface area contributed by atoms with Gasteiger partial charge in [0.2, 0.25) is 0 Å². The van der Waals surface area contributed by atoms with E-state index in [1.165, 1.54) is 5.56 Å². The van der Waals surface area contributed by atoms with E-state index >= 15 is 0 Å². The normalized spacial score (nSPS) is 12.9. The summed E-state index contributed by atoms with van der Waals surface area (Å²) in [5.74, 6) is 0. The van der Waals surface area contributed by atoms with Crippen molar-refractivity contribution in [2.24, 2.45) is 0 Å². The van der Waals surface area contributed by atoms with Gasteiger partial charge in [0.15, 0.2) is 0 Å². The van der Waals surface area contributed by atoms with Gasteiger partial charge >= 0.3 is 0 Å². The third-order valence-electron chi connectivity index (χ3n) is 3.15. The first-order valence-corrected chi connectivity index (χ1v) is 6.97. The number of benzene rings is 1. The minimum absolute atomic E-state index is 0.279. The van der Waals surface area contributed by atoms with Gasteiger partial charge in [-0.3, -0.25) is 4.68 Å². The number of halogens is 1. The molecule has 1 heterocycles. The summed E-state index contributed by atoms with van der Waals surface area (Å²) in [6.45, 7) is 7.16. The minimum atomic E-state index is 0.279. The maximum Gasteiger partial charge on any atom is 0.0762 e. The molecule has 1 aromatic heterocycles. The molecule has 0 amide bonds. The first kappa shape index (κ1) is 14.1. The highest BCUT2D eigenvalue weighted by Gasteiger charge is 2.06. The first-order valence-electron chi connectivity index (χ1n) is 6.59. The zero-order valence-corrected chi connectivity index (χ0v) is 12.4. The van der Waals surface area contributed by atoms with Crippen molar-refractivity contribution in [2.45, 2.75) is 39.4 Å². The fourth-order valence-corrected chi connectivity index (χ4v) is 2.01. The second-order valence-electron chi connectivity index (χ2n) is 5.03. The van der Waals surface area contributed by atoms with Crippen molar-refractivity contribution in [1.29, 1.82) is 0 Å². The Hall–Kier alpha value is -1.32. The zero-order valence-electron chi connectivity index (χ0n) is 11.6. The molecule has 0 spiro atoms. The number of hydrogen-bond donors (Lipinski definition) is 1. The van der Waals surface area contributed by atoms with Gasteiger partial charge in [-0.05, 0) is 44.5 Å². The average Bonchev–Trinajstić information content (AvgIpc) is 2.86. The molecule has 0 aliphatic rings. The lowest BCUT2D eigenvalue weighted by molar-refractivity contribution is 0.512. The van der Waals surface area contributed by atoms with Crippen LogP contribution in [0.5, 0.6) is 0 Å². The Morgan fingerprint density at radius 1 is 1.16 bits per heavy atom. The third-order valence-corrected chi connectivity index (χ3v) is 3.40. The van der Waals surface area contributed by atoms with E-state index in [1.54, 1.807) is 0 Å². The Bertz CT molecular complexity index is 516. The molecule has 0 aliphatic carbocycles. The van der Waals surface area contributed by atoms with Gasteiger partial charge in [0.1, 0.15) is 0 Å². The predicted octanol–water partition coefficient (Wildman–Crippen LogP) is 3.97. The molecule has 0 aliphatic heterocycles. The van der Waals surface area contributed by atoms with Crippen LogP contribution in [0.1, 0.15) is 44.1 Å². The van der Waals surface area contributed by atoms with Crippen molar-refractivity contribution in [3.63, 3.8) is 0 Å². The topological polar surface area (TPSA) is 29.9 Å². The molecule has 1 atom stereocenters. The summed E-state index contributed by atoms with van der Waals surface area (Å²) in [4.78, 5) is 0.